The molecule has 1 aliphatic heterocycles. The summed E-state index contributed by atoms with van der Waals surface area (Å²) in [6, 6.07) is 2.95. The summed E-state index contributed by atoms with van der Waals surface area (Å²) < 4.78 is 0. The molecule has 0 radical (unpaired) electrons. The van der Waals surface area contributed by atoms with E-state index in [1.807, 2.05) is 11.3 Å². The molecule has 0 bridgehead atoms. The lowest BCUT2D eigenvalue weighted by Crippen LogP contribution is -2.34. The van der Waals surface area contributed by atoms with E-state index in [0.717, 1.165) is 18.5 Å². The van der Waals surface area contributed by atoms with Crippen LogP contribution in [0.2, 0.25) is 0 Å². The summed E-state index contributed by atoms with van der Waals surface area (Å²) in [6.07, 6.45) is 7.64. The van der Waals surface area contributed by atoms with E-state index in [1.54, 1.807) is 0 Å². The second-order valence-electron chi connectivity index (χ2n) is 5.90. The van der Waals surface area contributed by atoms with Gasteiger partial charge in [0.2, 0.25) is 0 Å². The zero-order chi connectivity index (χ0) is 13.8. The van der Waals surface area contributed by atoms with Gasteiger partial charge in [-0.3, -0.25) is 4.90 Å². The van der Waals surface area contributed by atoms with E-state index >= 15 is 0 Å². The highest BCUT2D eigenvalue weighted by Gasteiger charge is 2.35. The molecule has 1 N–H and O–H groups in total. The maximum Gasteiger partial charge on any atom is 0.0540 e. The van der Waals surface area contributed by atoms with E-state index in [9.17, 15) is 0 Å². The fourth-order valence-corrected chi connectivity index (χ4v) is 4.53. The molecule has 2 fully saturated rings. The standard InChI is InChI=1S/C17H23NOS/c19-11-4-3-6-15-9-12-20-17(15)13-18-10-8-14-5-1-2-7-16(14)18/h9,12,14,16,19H,1-2,4-5,7-8,10-11,13H2. The third-order valence-electron chi connectivity index (χ3n) is 4.68. The molecule has 2 nitrogen and oxygen atoms in total. The summed E-state index contributed by atoms with van der Waals surface area (Å²) >= 11 is 1.83. The van der Waals surface area contributed by atoms with Crippen molar-refractivity contribution >= 4 is 11.3 Å². The highest BCUT2D eigenvalue weighted by molar-refractivity contribution is 7.10. The Morgan fingerprint density at radius 1 is 1.30 bits per heavy atom. The lowest BCUT2D eigenvalue weighted by Gasteiger charge is -2.31. The molecule has 3 rings (SSSR count). The number of nitrogens with zero attached hydrogens (tertiary/aromatic N) is 1. The minimum absolute atomic E-state index is 0.155. The van der Waals surface area contributed by atoms with Crippen molar-refractivity contribution in [2.24, 2.45) is 5.92 Å². The van der Waals surface area contributed by atoms with Gasteiger partial charge in [-0.2, -0.15) is 0 Å². The second kappa shape index (κ2) is 6.76. The molecular formula is C17H23NOS. The van der Waals surface area contributed by atoms with Crippen LogP contribution in [0.1, 0.15) is 49.0 Å². The number of likely N-dealkylation sites (tertiary alicyclic amines) is 1. The quantitative estimate of drug-likeness (QED) is 0.864. The maximum atomic E-state index is 8.82. The number of hydrogen-bond acceptors (Lipinski definition) is 3. The Labute approximate surface area is 125 Å². The van der Waals surface area contributed by atoms with Gasteiger partial charge >= 0.3 is 0 Å². The monoisotopic (exact) mass is 289 g/mol. The molecular weight excluding hydrogens is 266 g/mol. The number of aliphatic hydroxyl groups excluding tert-OH is 1. The van der Waals surface area contributed by atoms with Crippen molar-refractivity contribution in [3.8, 4) is 11.8 Å². The second-order valence-corrected chi connectivity index (χ2v) is 6.90. The molecule has 0 aromatic carbocycles. The van der Waals surface area contributed by atoms with Crippen molar-refractivity contribution in [1.29, 1.82) is 0 Å². The summed E-state index contributed by atoms with van der Waals surface area (Å²) in [4.78, 5) is 4.09. The SMILES string of the molecule is OCCC#Cc1ccsc1CN1CCC2CCCCC21. The molecule has 1 saturated carbocycles. The van der Waals surface area contributed by atoms with Gasteiger partial charge in [-0.05, 0) is 43.2 Å². The summed E-state index contributed by atoms with van der Waals surface area (Å²) in [5.74, 6) is 7.21. The Morgan fingerprint density at radius 2 is 2.20 bits per heavy atom. The van der Waals surface area contributed by atoms with E-state index in [2.05, 4.69) is 28.2 Å². The van der Waals surface area contributed by atoms with Gasteiger partial charge in [-0.25, -0.2) is 0 Å². The first-order valence-electron chi connectivity index (χ1n) is 7.78. The number of rotatable bonds is 3. The fourth-order valence-electron chi connectivity index (χ4n) is 3.67. The van der Waals surface area contributed by atoms with Crippen LogP contribution in [0.3, 0.4) is 0 Å². The average Bonchev–Trinajstić information content (AvgIpc) is 3.08. The van der Waals surface area contributed by atoms with E-state index in [-0.39, 0.29) is 6.61 Å². The van der Waals surface area contributed by atoms with Gasteiger partial charge in [0.25, 0.3) is 0 Å². The van der Waals surface area contributed by atoms with Crippen LogP contribution < -0.4 is 0 Å². The van der Waals surface area contributed by atoms with Crippen LogP contribution in [-0.2, 0) is 6.54 Å². The molecule has 1 aliphatic carbocycles. The first-order valence-corrected chi connectivity index (χ1v) is 8.66. The van der Waals surface area contributed by atoms with Crippen LogP contribution in [0.4, 0.5) is 0 Å². The normalized spacial score (nSPS) is 26.1. The lowest BCUT2D eigenvalue weighted by molar-refractivity contribution is 0.177. The molecule has 2 atom stereocenters. The summed E-state index contributed by atoms with van der Waals surface area (Å²) in [6.45, 7) is 2.49. The van der Waals surface area contributed by atoms with Gasteiger partial charge in [0, 0.05) is 29.4 Å². The Morgan fingerprint density at radius 3 is 3.10 bits per heavy atom. The molecule has 0 spiro atoms. The summed E-state index contributed by atoms with van der Waals surface area (Å²) in [5, 5.41) is 11.0. The predicted octanol–water partition coefficient (Wildman–Crippen LogP) is 3.25. The van der Waals surface area contributed by atoms with Crippen molar-refractivity contribution in [2.75, 3.05) is 13.2 Å². The fraction of sp³-hybridized carbons (Fsp3) is 0.647. The Kier molecular flexibility index (Phi) is 4.77. The molecule has 2 aliphatic rings. The van der Waals surface area contributed by atoms with Crippen LogP contribution in [0, 0.1) is 17.8 Å². The zero-order valence-corrected chi connectivity index (χ0v) is 12.8. The van der Waals surface area contributed by atoms with Gasteiger partial charge in [-0.15, -0.1) is 11.3 Å². The zero-order valence-electron chi connectivity index (χ0n) is 12.0. The predicted molar refractivity (Wildman–Crippen MR) is 83.7 cm³/mol. The molecule has 3 heteroatoms. The minimum atomic E-state index is 0.155. The molecule has 108 valence electrons. The Hall–Kier alpha value is -0.820. The number of fused-ring (bicyclic) bond motifs is 1. The highest BCUT2D eigenvalue weighted by Crippen LogP contribution is 2.37. The van der Waals surface area contributed by atoms with Crippen molar-refractivity contribution < 1.29 is 5.11 Å². The van der Waals surface area contributed by atoms with Gasteiger partial charge in [0.1, 0.15) is 0 Å². The smallest absolute Gasteiger partial charge is 0.0540 e. The third kappa shape index (κ3) is 3.09. The van der Waals surface area contributed by atoms with Crippen molar-refractivity contribution in [2.45, 2.75) is 51.1 Å². The maximum absolute atomic E-state index is 8.82. The van der Waals surface area contributed by atoms with Crippen LogP contribution in [0.25, 0.3) is 0 Å². The Bertz CT molecular complexity index is 499. The van der Waals surface area contributed by atoms with Gasteiger partial charge in [-0.1, -0.05) is 24.7 Å². The van der Waals surface area contributed by atoms with Crippen LogP contribution in [0.15, 0.2) is 11.4 Å². The molecule has 2 unspecified atom stereocenters. The van der Waals surface area contributed by atoms with Crippen molar-refractivity contribution in [3.05, 3.63) is 21.9 Å². The topological polar surface area (TPSA) is 23.5 Å². The highest BCUT2D eigenvalue weighted by atomic mass is 32.1. The molecule has 1 aromatic rings. The van der Waals surface area contributed by atoms with Crippen molar-refractivity contribution in [1.82, 2.24) is 4.90 Å². The van der Waals surface area contributed by atoms with E-state index < -0.39 is 0 Å². The molecule has 2 heterocycles. The lowest BCUT2D eigenvalue weighted by atomic mass is 9.85. The van der Waals surface area contributed by atoms with Crippen LogP contribution in [0.5, 0.6) is 0 Å². The van der Waals surface area contributed by atoms with Gasteiger partial charge < -0.3 is 5.11 Å². The Balaban J connectivity index is 1.66. The third-order valence-corrected chi connectivity index (χ3v) is 5.58. The minimum Gasteiger partial charge on any atom is -0.395 e. The number of aliphatic hydroxyl groups is 1. The molecule has 0 amide bonds. The van der Waals surface area contributed by atoms with Gasteiger partial charge in [0.05, 0.1) is 6.61 Å². The van der Waals surface area contributed by atoms with E-state index in [0.29, 0.717) is 6.42 Å². The van der Waals surface area contributed by atoms with E-state index in [4.69, 9.17) is 5.11 Å². The van der Waals surface area contributed by atoms with Gasteiger partial charge in [0.15, 0.2) is 0 Å². The first-order chi connectivity index (χ1) is 9.88. The molecule has 20 heavy (non-hydrogen) atoms. The number of thiophene rings is 1. The summed E-state index contributed by atoms with van der Waals surface area (Å²) in [5.41, 5.74) is 1.17. The number of hydrogen-bond donors (Lipinski definition) is 1. The molecule has 1 saturated heterocycles. The van der Waals surface area contributed by atoms with E-state index in [1.165, 1.54) is 49.1 Å². The largest absolute Gasteiger partial charge is 0.395 e. The average molecular weight is 289 g/mol. The molecule has 1 aromatic heterocycles. The first kappa shape index (κ1) is 14.1. The van der Waals surface area contributed by atoms with Crippen LogP contribution >= 0.6 is 11.3 Å². The van der Waals surface area contributed by atoms with Crippen LogP contribution in [-0.4, -0.2) is 29.2 Å². The summed E-state index contributed by atoms with van der Waals surface area (Å²) in [7, 11) is 0. The van der Waals surface area contributed by atoms with Crippen molar-refractivity contribution in [3.63, 3.8) is 0 Å².